The lowest BCUT2D eigenvalue weighted by molar-refractivity contribution is 0.102. The quantitative estimate of drug-likeness (QED) is 0.391. The predicted molar refractivity (Wildman–Crippen MR) is 116 cm³/mol. The Kier molecular flexibility index (Phi) is 5.01. The third-order valence-electron chi connectivity index (χ3n) is 4.68. The first-order valence-electron chi connectivity index (χ1n) is 9.08. The van der Waals surface area contributed by atoms with E-state index in [1.807, 2.05) is 54.6 Å². The maximum atomic E-state index is 12.7. The Labute approximate surface area is 171 Å². The number of carbonyl (C=O) groups is 1. The second-order valence-electron chi connectivity index (χ2n) is 6.98. The molecule has 1 amide bonds. The molecular weight excluding hydrogens is 416 g/mol. The van der Waals surface area contributed by atoms with Gasteiger partial charge in [0.25, 0.3) is 5.91 Å². The van der Waals surface area contributed by atoms with Crippen LogP contribution in [0.25, 0.3) is 22.2 Å². The van der Waals surface area contributed by atoms with E-state index in [2.05, 4.69) is 40.3 Å². The number of halogens is 1. The van der Waals surface area contributed by atoms with Crippen LogP contribution in [-0.2, 0) is 0 Å². The Morgan fingerprint density at radius 1 is 1.00 bits per heavy atom. The van der Waals surface area contributed by atoms with E-state index < -0.39 is 0 Å². The van der Waals surface area contributed by atoms with Gasteiger partial charge >= 0.3 is 0 Å². The average Bonchev–Trinajstić information content (AvgIpc) is 3.12. The molecule has 140 valence electrons. The van der Waals surface area contributed by atoms with E-state index in [1.54, 1.807) is 12.1 Å². The molecule has 3 aromatic carbocycles. The summed E-state index contributed by atoms with van der Waals surface area (Å²) in [5.41, 5.74) is 4.20. The molecule has 1 heterocycles. The highest BCUT2D eigenvalue weighted by molar-refractivity contribution is 9.10. The van der Waals surface area contributed by atoms with Crippen LogP contribution in [0.2, 0.25) is 0 Å². The lowest BCUT2D eigenvalue weighted by atomic mass is 10.0. The summed E-state index contributed by atoms with van der Waals surface area (Å²) in [6, 6.07) is 21.1. The molecular formula is C23H19BrN2O2. The number of nitrogens with zero attached hydrogens (tertiary/aromatic N) is 1. The van der Waals surface area contributed by atoms with Gasteiger partial charge in [-0.05, 0) is 66.1 Å². The third-order valence-corrected chi connectivity index (χ3v) is 5.21. The molecule has 1 N–H and O–H groups in total. The second kappa shape index (κ2) is 7.60. The zero-order valence-corrected chi connectivity index (χ0v) is 17.2. The number of nitrogens with one attached hydrogen (secondary N) is 1. The molecule has 5 heteroatoms. The van der Waals surface area contributed by atoms with Crippen molar-refractivity contribution in [3.8, 4) is 11.3 Å². The van der Waals surface area contributed by atoms with Gasteiger partial charge in [0.05, 0.1) is 5.39 Å². The van der Waals surface area contributed by atoms with Crippen molar-refractivity contribution in [3.63, 3.8) is 0 Å². The highest BCUT2D eigenvalue weighted by Crippen LogP contribution is 2.30. The fourth-order valence-corrected chi connectivity index (χ4v) is 3.31. The SMILES string of the molecule is CC(C)c1ccc(NC(=O)c2ccc3noc(-c4ccc(Br)cc4)c3c2)cc1. The summed E-state index contributed by atoms with van der Waals surface area (Å²) in [7, 11) is 0. The van der Waals surface area contributed by atoms with Gasteiger partial charge in [-0.3, -0.25) is 4.79 Å². The molecule has 0 saturated heterocycles. The van der Waals surface area contributed by atoms with Crippen LogP contribution in [0.3, 0.4) is 0 Å². The second-order valence-corrected chi connectivity index (χ2v) is 7.90. The number of hydrogen-bond acceptors (Lipinski definition) is 3. The first-order chi connectivity index (χ1) is 13.5. The van der Waals surface area contributed by atoms with Gasteiger partial charge in [-0.25, -0.2) is 0 Å². The summed E-state index contributed by atoms with van der Waals surface area (Å²) in [5.74, 6) is 0.943. The van der Waals surface area contributed by atoms with Gasteiger partial charge in [-0.15, -0.1) is 0 Å². The summed E-state index contributed by atoms with van der Waals surface area (Å²) < 4.78 is 6.52. The van der Waals surface area contributed by atoms with E-state index in [-0.39, 0.29) is 5.91 Å². The summed E-state index contributed by atoms with van der Waals surface area (Å²) >= 11 is 3.43. The lowest BCUT2D eigenvalue weighted by Crippen LogP contribution is -2.11. The van der Waals surface area contributed by atoms with Crippen molar-refractivity contribution >= 4 is 38.4 Å². The molecule has 0 unspecified atom stereocenters. The fourth-order valence-electron chi connectivity index (χ4n) is 3.05. The highest BCUT2D eigenvalue weighted by Gasteiger charge is 2.14. The van der Waals surface area contributed by atoms with Crippen LogP contribution >= 0.6 is 15.9 Å². The van der Waals surface area contributed by atoms with Crippen molar-refractivity contribution in [1.29, 1.82) is 0 Å². The number of carbonyl (C=O) groups excluding carboxylic acids is 1. The van der Waals surface area contributed by atoms with Crippen LogP contribution in [0.1, 0.15) is 35.7 Å². The Morgan fingerprint density at radius 2 is 1.71 bits per heavy atom. The van der Waals surface area contributed by atoms with Gasteiger partial charge in [-0.2, -0.15) is 0 Å². The number of hydrogen-bond donors (Lipinski definition) is 1. The van der Waals surface area contributed by atoms with Crippen molar-refractivity contribution < 1.29 is 9.32 Å². The highest BCUT2D eigenvalue weighted by atomic mass is 79.9. The molecule has 4 rings (SSSR count). The standard InChI is InChI=1S/C23H19BrN2O2/c1-14(2)15-5-10-19(11-6-15)25-23(27)17-7-12-21-20(13-17)22(28-26-21)16-3-8-18(24)9-4-16/h3-14H,1-2H3,(H,25,27). The first-order valence-corrected chi connectivity index (χ1v) is 9.87. The first kappa shape index (κ1) is 18.4. The van der Waals surface area contributed by atoms with Crippen LogP contribution < -0.4 is 5.32 Å². The monoisotopic (exact) mass is 434 g/mol. The Bertz CT molecular complexity index is 1130. The van der Waals surface area contributed by atoms with Crippen LogP contribution in [0.4, 0.5) is 5.69 Å². The predicted octanol–water partition coefficient (Wildman–Crippen LogP) is 6.63. The van der Waals surface area contributed by atoms with Gasteiger partial charge < -0.3 is 9.84 Å². The summed E-state index contributed by atoms with van der Waals surface area (Å²) in [6.07, 6.45) is 0. The van der Waals surface area contributed by atoms with Crippen molar-refractivity contribution in [2.75, 3.05) is 5.32 Å². The Balaban J connectivity index is 1.62. The zero-order chi connectivity index (χ0) is 19.7. The van der Waals surface area contributed by atoms with E-state index in [0.29, 0.717) is 17.2 Å². The number of rotatable bonds is 4. The lowest BCUT2D eigenvalue weighted by Gasteiger charge is -2.08. The minimum Gasteiger partial charge on any atom is -0.355 e. The van der Waals surface area contributed by atoms with Gasteiger partial charge in [-0.1, -0.05) is 47.1 Å². The normalized spacial score (nSPS) is 11.1. The van der Waals surface area contributed by atoms with Crippen molar-refractivity contribution in [3.05, 3.63) is 82.3 Å². The Hall–Kier alpha value is -2.92. The van der Waals surface area contributed by atoms with Crippen molar-refractivity contribution in [1.82, 2.24) is 5.16 Å². The van der Waals surface area contributed by atoms with Gasteiger partial charge in [0.1, 0.15) is 5.52 Å². The van der Waals surface area contributed by atoms with Crippen molar-refractivity contribution in [2.24, 2.45) is 0 Å². The molecule has 0 saturated carbocycles. The average molecular weight is 435 g/mol. The summed E-state index contributed by atoms with van der Waals surface area (Å²) in [6.45, 7) is 4.29. The summed E-state index contributed by atoms with van der Waals surface area (Å²) in [5, 5.41) is 7.87. The molecule has 0 bridgehead atoms. The molecule has 0 atom stereocenters. The van der Waals surface area contributed by atoms with E-state index in [9.17, 15) is 4.79 Å². The van der Waals surface area contributed by atoms with E-state index in [4.69, 9.17) is 4.52 Å². The molecule has 28 heavy (non-hydrogen) atoms. The summed E-state index contributed by atoms with van der Waals surface area (Å²) in [4.78, 5) is 12.7. The third kappa shape index (κ3) is 3.71. The van der Waals surface area contributed by atoms with Gasteiger partial charge in [0, 0.05) is 21.3 Å². The zero-order valence-electron chi connectivity index (χ0n) is 15.6. The molecule has 0 radical (unpaired) electrons. The largest absolute Gasteiger partial charge is 0.355 e. The fraction of sp³-hybridized carbons (Fsp3) is 0.130. The van der Waals surface area contributed by atoms with Crippen LogP contribution in [0.15, 0.2) is 75.7 Å². The molecule has 0 aliphatic heterocycles. The molecule has 4 aromatic rings. The number of fused-ring (bicyclic) bond motifs is 1. The topological polar surface area (TPSA) is 55.1 Å². The number of benzene rings is 3. The molecule has 1 aromatic heterocycles. The molecule has 0 spiro atoms. The van der Waals surface area contributed by atoms with E-state index in [1.165, 1.54) is 5.56 Å². The maximum Gasteiger partial charge on any atom is 0.255 e. The minimum absolute atomic E-state index is 0.165. The van der Waals surface area contributed by atoms with Crippen LogP contribution in [-0.4, -0.2) is 11.1 Å². The molecule has 0 aliphatic carbocycles. The van der Waals surface area contributed by atoms with E-state index >= 15 is 0 Å². The van der Waals surface area contributed by atoms with Gasteiger partial charge in [0.2, 0.25) is 0 Å². The maximum absolute atomic E-state index is 12.7. The smallest absolute Gasteiger partial charge is 0.255 e. The van der Waals surface area contributed by atoms with Crippen LogP contribution in [0, 0.1) is 0 Å². The molecule has 4 nitrogen and oxygen atoms in total. The van der Waals surface area contributed by atoms with Crippen LogP contribution in [0.5, 0.6) is 0 Å². The molecule has 0 fully saturated rings. The number of aromatic nitrogens is 1. The van der Waals surface area contributed by atoms with E-state index in [0.717, 1.165) is 26.6 Å². The Morgan fingerprint density at radius 3 is 2.39 bits per heavy atom. The molecule has 0 aliphatic rings. The minimum atomic E-state index is -0.165. The number of anilines is 1. The number of amides is 1. The van der Waals surface area contributed by atoms with Gasteiger partial charge in [0.15, 0.2) is 5.76 Å². The van der Waals surface area contributed by atoms with Crippen molar-refractivity contribution in [2.45, 2.75) is 19.8 Å².